The Morgan fingerprint density at radius 3 is 2.48 bits per heavy atom. The molecule has 0 spiro atoms. The molecule has 21 heavy (non-hydrogen) atoms. The largest absolute Gasteiger partial charge is 0.347 e. The number of hydrogen-bond acceptors (Lipinski definition) is 5. The molecule has 1 aromatic carbocycles. The van der Waals surface area contributed by atoms with E-state index in [0.717, 1.165) is 0 Å². The van der Waals surface area contributed by atoms with Crippen molar-refractivity contribution >= 4 is 27.5 Å². The van der Waals surface area contributed by atoms with Crippen molar-refractivity contribution < 1.29 is 13.2 Å². The van der Waals surface area contributed by atoms with Crippen LogP contribution in [0, 0.1) is 0 Å². The van der Waals surface area contributed by atoms with Crippen molar-refractivity contribution in [3.63, 3.8) is 0 Å². The standard InChI is InChI=1S/C12H11ClN4O3S/c13-11-7-15-6-10(17-11)12(18)16-5-8-1-3-9(4-2-8)21(14,19)20/h1-4,6-7H,5H2,(H,16,18)(H2,14,19,20). The van der Waals surface area contributed by atoms with Crippen molar-refractivity contribution in [1.29, 1.82) is 0 Å². The van der Waals surface area contributed by atoms with E-state index in [9.17, 15) is 13.2 Å². The fourth-order valence-electron chi connectivity index (χ4n) is 1.52. The SMILES string of the molecule is NS(=O)(=O)c1ccc(CNC(=O)c2cncc(Cl)n2)cc1. The lowest BCUT2D eigenvalue weighted by atomic mass is 10.2. The number of primary sulfonamides is 1. The maximum absolute atomic E-state index is 11.8. The summed E-state index contributed by atoms with van der Waals surface area (Å²) in [5, 5.41) is 7.74. The number of nitrogens with zero attached hydrogens (tertiary/aromatic N) is 2. The molecule has 0 bridgehead atoms. The van der Waals surface area contributed by atoms with E-state index >= 15 is 0 Å². The Bertz CT molecular complexity index is 762. The normalized spacial score (nSPS) is 11.1. The molecule has 0 aliphatic heterocycles. The molecule has 3 N–H and O–H groups in total. The molecule has 0 aliphatic rings. The zero-order valence-electron chi connectivity index (χ0n) is 10.7. The van der Waals surface area contributed by atoms with Gasteiger partial charge in [-0.3, -0.25) is 9.78 Å². The van der Waals surface area contributed by atoms with Crippen LogP contribution in [0.5, 0.6) is 0 Å². The zero-order valence-corrected chi connectivity index (χ0v) is 12.2. The predicted molar refractivity (Wildman–Crippen MR) is 76.0 cm³/mol. The monoisotopic (exact) mass is 326 g/mol. The molecule has 0 aliphatic carbocycles. The van der Waals surface area contributed by atoms with Crippen LogP contribution in [0.4, 0.5) is 0 Å². The summed E-state index contributed by atoms with van der Waals surface area (Å²) in [6.07, 6.45) is 2.62. The first-order valence-electron chi connectivity index (χ1n) is 5.74. The third kappa shape index (κ3) is 4.22. The maximum atomic E-state index is 11.8. The Morgan fingerprint density at radius 2 is 1.90 bits per heavy atom. The van der Waals surface area contributed by atoms with Crippen LogP contribution in [0.25, 0.3) is 0 Å². The van der Waals surface area contributed by atoms with Crippen molar-refractivity contribution in [2.45, 2.75) is 11.4 Å². The van der Waals surface area contributed by atoms with Gasteiger partial charge in [-0.2, -0.15) is 0 Å². The molecule has 0 unspecified atom stereocenters. The van der Waals surface area contributed by atoms with E-state index < -0.39 is 15.9 Å². The first-order valence-corrected chi connectivity index (χ1v) is 7.66. The van der Waals surface area contributed by atoms with Gasteiger partial charge in [0.15, 0.2) is 0 Å². The molecule has 0 fully saturated rings. The van der Waals surface area contributed by atoms with Gasteiger partial charge in [0.2, 0.25) is 10.0 Å². The summed E-state index contributed by atoms with van der Waals surface area (Å²) in [4.78, 5) is 19.4. The average molecular weight is 327 g/mol. The van der Waals surface area contributed by atoms with Gasteiger partial charge in [-0.15, -0.1) is 0 Å². The molecule has 0 atom stereocenters. The molecule has 0 saturated heterocycles. The number of amides is 1. The number of nitrogens with two attached hydrogens (primary N) is 1. The first kappa shape index (κ1) is 15.4. The molecule has 0 saturated carbocycles. The molecular formula is C12H11ClN4O3S. The number of rotatable bonds is 4. The lowest BCUT2D eigenvalue weighted by Gasteiger charge is -2.05. The second-order valence-corrected chi connectivity index (χ2v) is 6.05. The average Bonchev–Trinajstić information content (AvgIpc) is 2.44. The van der Waals surface area contributed by atoms with Crippen molar-refractivity contribution in [2.24, 2.45) is 5.14 Å². The van der Waals surface area contributed by atoms with Gasteiger partial charge in [0.25, 0.3) is 5.91 Å². The van der Waals surface area contributed by atoms with E-state index in [-0.39, 0.29) is 22.3 Å². The van der Waals surface area contributed by atoms with Crippen LogP contribution in [0.3, 0.4) is 0 Å². The molecule has 1 amide bonds. The van der Waals surface area contributed by atoms with Crippen LogP contribution in [0.15, 0.2) is 41.6 Å². The van der Waals surface area contributed by atoms with Crippen molar-refractivity contribution in [1.82, 2.24) is 15.3 Å². The van der Waals surface area contributed by atoms with E-state index in [1.807, 2.05) is 0 Å². The fourth-order valence-corrected chi connectivity index (χ4v) is 2.18. The van der Waals surface area contributed by atoms with Gasteiger partial charge < -0.3 is 5.32 Å². The Balaban J connectivity index is 2.02. The van der Waals surface area contributed by atoms with Crippen molar-refractivity contribution in [2.75, 3.05) is 0 Å². The lowest BCUT2D eigenvalue weighted by Crippen LogP contribution is -2.24. The first-order chi connectivity index (χ1) is 9.86. The van der Waals surface area contributed by atoms with E-state index in [1.165, 1.54) is 24.5 Å². The van der Waals surface area contributed by atoms with E-state index in [4.69, 9.17) is 16.7 Å². The van der Waals surface area contributed by atoms with E-state index in [1.54, 1.807) is 12.1 Å². The summed E-state index contributed by atoms with van der Waals surface area (Å²) in [5.41, 5.74) is 0.814. The number of halogens is 1. The molecule has 1 heterocycles. The van der Waals surface area contributed by atoms with Gasteiger partial charge >= 0.3 is 0 Å². The lowest BCUT2D eigenvalue weighted by molar-refractivity contribution is 0.0945. The molecule has 0 radical (unpaired) electrons. The summed E-state index contributed by atoms with van der Waals surface area (Å²) in [5.74, 6) is -0.430. The quantitative estimate of drug-likeness (QED) is 0.858. The highest BCUT2D eigenvalue weighted by atomic mass is 35.5. The highest BCUT2D eigenvalue weighted by Crippen LogP contribution is 2.09. The summed E-state index contributed by atoms with van der Waals surface area (Å²) in [6.45, 7) is 0.206. The highest BCUT2D eigenvalue weighted by molar-refractivity contribution is 7.89. The number of nitrogens with one attached hydrogen (secondary N) is 1. The van der Waals surface area contributed by atoms with Gasteiger partial charge in [-0.1, -0.05) is 23.7 Å². The summed E-state index contributed by atoms with van der Waals surface area (Å²) in [7, 11) is -3.72. The Labute approximate surface area is 126 Å². The Morgan fingerprint density at radius 1 is 1.24 bits per heavy atom. The van der Waals surface area contributed by atoms with Gasteiger partial charge in [-0.25, -0.2) is 18.5 Å². The zero-order chi connectivity index (χ0) is 15.5. The summed E-state index contributed by atoms with van der Waals surface area (Å²) in [6, 6.07) is 5.86. The molecular weight excluding hydrogens is 316 g/mol. The number of benzene rings is 1. The summed E-state index contributed by atoms with van der Waals surface area (Å²) >= 11 is 5.64. The van der Waals surface area contributed by atoms with E-state index in [2.05, 4.69) is 15.3 Å². The van der Waals surface area contributed by atoms with Crippen molar-refractivity contribution in [3.05, 3.63) is 53.1 Å². The van der Waals surface area contributed by atoms with Crippen LogP contribution in [0.1, 0.15) is 16.1 Å². The fraction of sp³-hybridized carbons (Fsp3) is 0.0833. The van der Waals surface area contributed by atoms with Gasteiger partial charge in [0.05, 0.1) is 17.3 Å². The minimum atomic E-state index is -3.72. The molecule has 7 nitrogen and oxygen atoms in total. The number of carbonyl (C=O) groups excluding carboxylic acids is 1. The second-order valence-electron chi connectivity index (χ2n) is 4.10. The van der Waals surface area contributed by atoms with Gasteiger partial charge in [0.1, 0.15) is 10.8 Å². The minimum absolute atomic E-state index is 0.0123. The Hall–Kier alpha value is -2.03. The molecule has 1 aromatic heterocycles. The third-order valence-corrected chi connectivity index (χ3v) is 3.65. The smallest absolute Gasteiger partial charge is 0.271 e. The topological polar surface area (TPSA) is 115 Å². The molecule has 2 aromatic rings. The van der Waals surface area contributed by atoms with Crippen LogP contribution >= 0.6 is 11.6 Å². The van der Waals surface area contributed by atoms with Crippen LogP contribution in [-0.4, -0.2) is 24.3 Å². The van der Waals surface area contributed by atoms with Gasteiger partial charge in [-0.05, 0) is 17.7 Å². The second kappa shape index (κ2) is 6.17. The van der Waals surface area contributed by atoms with Crippen molar-refractivity contribution in [3.8, 4) is 0 Å². The molecule has 2 rings (SSSR count). The maximum Gasteiger partial charge on any atom is 0.271 e. The third-order valence-electron chi connectivity index (χ3n) is 2.54. The summed E-state index contributed by atoms with van der Waals surface area (Å²) < 4.78 is 22.2. The van der Waals surface area contributed by atoms with Crippen LogP contribution in [0.2, 0.25) is 5.15 Å². The van der Waals surface area contributed by atoms with Crippen LogP contribution < -0.4 is 10.5 Å². The number of aromatic nitrogens is 2. The van der Waals surface area contributed by atoms with E-state index in [0.29, 0.717) is 5.56 Å². The van der Waals surface area contributed by atoms with Gasteiger partial charge in [0, 0.05) is 6.54 Å². The number of carbonyl (C=O) groups is 1. The highest BCUT2D eigenvalue weighted by Gasteiger charge is 2.09. The minimum Gasteiger partial charge on any atom is -0.347 e. The predicted octanol–water partition coefficient (Wildman–Crippen LogP) is 0.707. The molecule has 9 heteroatoms. The number of hydrogen-bond donors (Lipinski definition) is 2. The molecule has 110 valence electrons. The van der Waals surface area contributed by atoms with Crippen LogP contribution in [-0.2, 0) is 16.6 Å². The Kier molecular flexibility index (Phi) is 4.51. The number of sulfonamides is 1.